The molecule has 0 amide bonds. The highest BCUT2D eigenvalue weighted by molar-refractivity contribution is 8.01. The number of hydrogen-bond acceptors (Lipinski definition) is 5. The van der Waals surface area contributed by atoms with Gasteiger partial charge in [-0.25, -0.2) is 0 Å². The van der Waals surface area contributed by atoms with Crippen LogP contribution in [0.25, 0.3) is 0 Å². The summed E-state index contributed by atoms with van der Waals surface area (Å²) in [6, 6.07) is 11.7. The van der Waals surface area contributed by atoms with Crippen molar-refractivity contribution in [2.24, 2.45) is 0 Å². The van der Waals surface area contributed by atoms with Gasteiger partial charge in [0.25, 0.3) is 0 Å². The smallest absolute Gasteiger partial charge is 0.229 e. The molecule has 0 aromatic heterocycles. The molecule has 0 N–H and O–H groups in total. The van der Waals surface area contributed by atoms with Crippen molar-refractivity contribution in [2.75, 3.05) is 76.0 Å². The fraction of sp³-hybridized carbons (Fsp3) is 0.400. The number of hydrogen-bond donors (Lipinski definition) is 0. The molecular formula is C20H30ClN4OP. The minimum absolute atomic E-state index is 0.653. The Kier molecular flexibility index (Phi) is 6.39. The Morgan fingerprint density at radius 2 is 0.963 bits per heavy atom. The maximum absolute atomic E-state index is 13.9. The molecule has 5 nitrogen and oxygen atoms in total. The minimum Gasteiger partial charge on any atom is -0.378 e. The van der Waals surface area contributed by atoms with Crippen LogP contribution in [0.4, 0.5) is 22.7 Å². The minimum atomic E-state index is -3.33. The van der Waals surface area contributed by atoms with Gasteiger partial charge in [0.05, 0.1) is 22.0 Å². The molecule has 2 aromatic carbocycles. The molecule has 0 heterocycles. The summed E-state index contributed by atoms with van der Waals surface area (Å²) in [4.78, 5) is 7.96. The zero-order valence-corrected chi connectivity index (χ0v) is 19.1. The molecule has 0 bridgehead atoms. The molecule has 0 atom stereocenters. The maximum Gasteiger partial charge on any atom is 0.229 e. The number of benzene rings is 2. The first-order valence-corrected chi connectivity index (χ1v) is 11.4. The molecule has 2 rings (SSSR count). The first-order valence-electron chi connectivity index (χ1n) is 8.75. The van der Waals surface area contributed by atoms with Gasteiger partial charge in [-0.3, -0.25) is 4.57 Å². The van der Waals surface area contributed by atoms with E-state index < -0.39 is 6.49 Å². The molecule has 0 radical (unpaired) electrons. The highest BCUT2D eigenvalue weighted by Gasteiger charge is 2.31. The predicted molar refractivity (Wildman–Crippen MR) is 123 cm³/mol. The van der Waals surface area contributed by atoms with Crippen molar-refractivity contribution in [3.05, 3.63) is 36.4 Å². The predicted octanol–water partition coefficient (Wildman–Crippen LogP) is 3.42. The van der Waals surface area contributed by atoms with E-state index in [0.717, 1.165) is 22.7 Å². The Hall–Kier alpha value is -1.84. The third kappa shape index (κ3) is 4.36. The second kappa shape index (κ2) is 8.04. The molecule has 0 aliphatic rings. The van der Waals surface area contributed by atoms with Crippen LogP contribution in [0.15, 0.2) is 36.4 Å². The molecule has 0 spiro atoms. The third-order valence-electron chi connectivity index (χ3n) is 4.53. The van der Waals surface area contributed by atoms with Gasteiger partial charge in [0, 0.05) is 67.8 Å². The number of anilines is 4. The Balaban J connectivity index is 2.71. The van der Waals surface area contributed by atoms with Crippen LogP contribution in [0, 0.1) is 0 Å². The monoisotopic (exact) mass is 408 g/mol. The molecule has 0 aliphatic carbocycles. The fourth-order valence-electron chi connectivity index (χ4n) is 2.91. The van der Waals surface area contributed by atoms with Gasteiger partial charge in [-0.15, -0.1) is 0 Å². The highest BCUT2D eigenvalue weighted by atomic mass is 35.7. The highest BCUT2D eigenvalue weighted by Crippen LogP contribution is 2.53. The van der Waals surface area contributed by atoms with Crippen molar-refractivity contribution in [3.63, 3.8) is 0 Å². The van der Waals surface area contributed by atoms with E-state index in [4.69, 9.17) is 11.2 Å². The standard InChI is InChI=1S/C20H30ClN4OP/c1-22(2)15-9-11-19(17(13-15)24(5)6)27(21,26)20-12-10-16(23(3)4)14-18(20)25(7)8/h9-14H,1-8H3. The molecule has 0 fully saturated rings. The van der Waals surface area contributed by atoms with Gasteiger partial charge < -0.3 is 19.6 Å². The van der Waals surface area contributed by atoms with Crippen molar-refractivity contribution < 1.29 is 4.57 Å². The summed E-state index contributed by atoms with van der Waals surface area (Å²) in [5.74, 6) is 0. The maximum atomic E-state index is 13.9. The second-order valence-electron chi connectivity index (χ2n) is 7.46. The summed E-state index contributed by atoms with van der Waals surface area (Å²) in [7, 11) is 15.7. The number of rotatable bonds is 6. The molecule has 0 aliphatic heterocycles. The Bertz CT molecular complexity index is 798. The number of nitrogens with zero attached hydrogens (tertiary/aromatic N) is 4. The summed E-state index contributed by atoms with van der Waals surface area (Å²) >= 11 is 6.82. The van der Waals surface area contributed by atoms with Gasteiger partial charge in [0.15, 0.2) is 0 Å². The average molecular weight is 409 g/mol. The summed E-state index contributed by atoms with van der Waals surface area (Å²) in [5, 5.41) is 1.31. The van der Waals surface area contributed by atoms with Crippen LogP contribution in [0.5, 0.6) is 0 Å². The van der Waals surface area contributed by atoms with Crippen LogP contribution in [0.3, 0.4) is 0 Å². The largest absolute Gasteiger partial charge is 0.378 e. The lowest BCUT2D eigenvalue weighted by Gasteiger charge is -2.27. The molecule has 27 heavy (non-hydrogen) atoms. The van der Waals surface area contributed by atoms with Crippen LogP contribution >= 0.6 is 17.7 Å². The normalized spacial score (nSPS) is 11.3. The lowest BCUT2D eigenvalue weighted by Crippen LogP contribution is -2.26. The summed E-state index contributed by atoms with van der Waals surface area (Å²) in [6.07, 6.45) is 0. The quantitative estimate of drug-likeness (QED) is 0.683. The van der Waals surface area contributed by atoms with Gasteiger partial charge in [-0.2, -0.15) is 0 Å². The van der Waals surface area contributed by atoms with Gasteiger partial charge in [0.1, 0.15) is 0 Å². The zero-order valence-electron chi connectivity index (χ0n) is 17.5. The molecule has 0 saturated heterocycles. The Morgan fingerprint density at radius 3 is 1.22 bits per heavy atom. The first-order chi connectivity index (χ1) is 12.5. The van der Waals surface area contributed by atoms with Crippen LogP contribution < -0.4 is 30.2 Å². The third-order valence-corrected chi connectivity index (χ3v) is 7.62. The molecule has 0 unspecified atom stereocenters. The van der Waals surface area contributed by atoms with Crippen LogP contribution in [-0.2, 0) is 4.57 Å². The van der Waals surface area contributed by atoms with Crippen molar-refractivity contribution >= 4 is 51.1 Å². The van der Waals surface area contributed by atoms with E-state index in [9.17, 15) is 4.57 Å². The molecule has 148 valence electrons. The van der Waals surface area contributed by atoms with Gasteiger partial charge >= 0.3 is 0 Å². The van der Waals surface area contributed by atoms with E-state index >= 15 is 0 Å². The Morgan fingerprint density at radius 1 is 0.630 bits per heavy atom. The van der Waals surface area contributed by atoms with Crippen LogP contribution in [0.2, 0.25) is 0 Å². The lowest BCUT2D eigenvalue weighted by atomic mass is 10.2. The van der Waals surface area contributed by atoms with E-state index in [0.29, 0.717) is 10.6 Å². The zero-order chi connectivity index (χ0) is 20.5. The van der Waals surface area contributed by atoms with Crippen LogP contribution in [0.1, 0.15) is 0 Å². The molecule has 0 saturated carbocycles. The van der Waals surface area contributed by atoms with E-state index in [1.165, 1.54) is 0 Å². The van der Waals surface area contributed by atoms with E-state index in [-0.39, 0.29) is 0 Å². The second-order valence-corrected chi connectivity index (χ2v) is 10.9. The summed E-state index contributed by atoms with van der Waals surface area (Å²) in [5.41, 5.74) is 3.80. The van der Waals surface area contributed by atoms with E-state index in [1.807, 2.05) is 112 Å². The van der Waals surface area contributed by atoms with Crippen molar-refractivity contribution in [2.45, 2.75) is 0 Å². The molecule has 7 heteroatoms. The SMILES string of the molecule is CN(C)c1ccc(P(=O)(Cl)c2ccc(N(C)C)cc2N(C)C)c(N(C)C)c1. The van der Waals surface area contributed by atoms with Crippen LogP contribution in [-0.4, -0.2) is 56.4 Å². The summed E-state index contributed by atoms with van der Waals surface area (Å²) < 4.78 is 13.9. The van der Waals surface area contributed by atoms with Gasteiger partial charge in [-0.05, 0) is 47.6 Å². The van der Waals surface area contributed by atoms with E-state index in [1.54, 1.807) is 0 Å². The first kappa shape index (κ1) is 21.5. The Labute approximate surface area is 168 Å². The van der Waals surface area contributed by atoms with Crippen molar-refractivity contribution in [3.8, 4) is 0 Å². The average Bonchev–Trinajstić information content (AvgIpc) is 2.60. The number of halogens is 1. The van der Waals surface area contributed by atoms with Crippen molar-refractivity contribution in [1.82, 2.24) is 0 Å². The van der Waals surface area contributed by atoms with Gasteiger partial charge in [0.2, 0.25) is 6.49 Å². The molecular weight excluding hydrogens is 379 g/mol. The molecule has 2 aromatic rings. The van der Waals surface area contributed by atoms with Crippen molar-refractivity contribution in [1.29, 1.82) is 0 Å². The summed E-state index contributed by atoms with van der Waals surface area (Å²) in [6.45, 7) is -3.33. The lowest BCUT2D eigenvalue weighted by molar-refractivity contribution is 0.595. The fourth-order valence-corrected chi connectivity index (χ4v) is 5.68. The topological polar surface area (TPSA) is 30.0 Å². The van der Waals surface area contributed by atoms with E-state index in [2.05, 4.69) is 0 Å². The van der Waals surface area contributed by atoms with Gasteiger partial charge in [-0.1, -0.05) is 0 Å².